The van der Waals surface area contributed by atoms with Gasteiger partial charge in [0.25, 0.3) is 0 Å². The molecule has 13 heteroatoms. The van der Waals surface area contributed by atoms with Crippen LogP contribution in [0.25, 0.3) is 0 Å². The molecule has 2 N–H and O–H groups in total. The van der Waals surface area contributed by atoms with Crippen molar-refractivity contribution in [2.24, 2.45) is 0 Å². The van der Waals surface area contributed by atoms with Crippen molar-refractivity contribution in [1.29, 1.82) is 0 Å². The van der Waals surface area contributed by atoms with E-state index in [4.69, 9.17) is 10.2 Å². The first kappa shape index (κ1) is 30.6. The number of carboxylic acid groups (broad SMARTS) is 2. The van der Waals surface area contributed by atoms with Crippen molar-refractivity contribution in [3.8, 4) is 0 Å². The molecule has 0 aromatic rings. The number of hydrogen-bond donors (Lipinski definition) is 2. The van der Waals surface area contributed by atoms with Crippen molar-refractivity contribution >= 4 is 67.8 Å². The van der Waals surface area contributed by atoms with Crippen LogP contribution in [0.3, 0.4) is 0 Å². The topological polar surface area (TPSA) is 144 Å². The molecule has 0 unspecified atom stereocenters. The molecule has 0 aliphatic heterocycles. The summed E-state index contributed by atoms with van der Waals surface area (Å²) in [6.45, 7) is 0. The fraction of sp³-hybridized carbons (Fsp3) is 0. The second-order valence-corrected chi connectivity index (χ2v) is 1.64. The molecule has 0 atom stereocenters. The number of carbonyl (C=O) groups is 5. The monoisotopic (exact) mass is 340 g/mol. The molecule has 2 radical (unpaired) electrons. The first-order chi connectivity index (χ1) is 6.34. The van der Waals surface area contributed by atoms with Crippen molar-refractivity contribution in [2.45, 2.75) is 0 Å². The van der Waals surface area contributed by atoms with Gasteiger partial charge in [-0.15, -0.1) is 0 Å². The number of hydrogen-bond acceptors (Lipinski definition) is 7. The molecule has 0 aromatic heterocycles. The summed E-state index contributed by atoms with van der Waals surface area (Å²) in [6, 6.07) is 0. The van der Waals surface area contributed by atoms with Crippen molar-refractivity contribution < 1.29 is 77.2 Å². The van der Waals surface area contributed by atoms with Crippen LogP contribution in [0.15, 0.2) is 0 Å². The van der Waals surface area contributed by atoms with Crippen molar-refractivity contribution in [1.82, 2.24) is 0 Å². The van der Waals surface area contributed by atoms with Crippen LogP contribution in [0, 0.1) is 0 Å². The third-order valence-corrected chi connectivity index (χ3v) is 0.701. The number of rotatable bonds is 0. The molecule has 0 fully saturated rings. The van der Waals surface area contributed by atoms with Gasteiger partial charge in [-0.3, -0.25) is 0 Å². The van der Waals surface area contributed by atoms with Gasteiger partial charge in [0, 0.05) is 33.6 Å². The summed E-state index contributed by atoms with van der Waals surface area (Å²) < 4.78 is 6.70. The van der Waals surface area contributed by atoms with Crippen molar-refractivity contribution in [3.05, 3.63) is 0 Å². The molecule has 0 heterocycles. The Morgan fingerprint density at radius 2 is 0.889 bits per heavy atom. The van der Waals surface area contributed by atoms with E-state index in [1.165, 1.54) is 0 Å². The molecular formula is C5H4Co2Li2O9. The van der Waals surface area contributed by atoms with E-state index < -0.39 is 30.0 Å². The van der Waals surface area contributed by atoms with E-state index in [-0.39, 0.29) is 71.3 Å². The van der Waals surface area contributed by atoms with Crippen LogP contribution in [0.4, 0.5) is 4.79 Å². The van der Waals surface area contributed by atoms with E-state index in [1.54, 1.807) is 0 Å². The molecule has 9 nitrogen and oxygen atoms in total. The van der Waals surface area contributed by atoms with Crippen LogP contribution in [0.2, 0.25) is 0 Å². The number of carboxylic acids is 2. The van der Waals surface area contributed by atoms with Gasteiger partial charge in [0.15, 0.2) is 0 Å². The van der Waals surface area contributed by atoms with E-state index in [1.807, 2.05) is 0 Å². The summed E-state index contributed by atoms with van der Waals surface area (Å²) in [5.41, 5.74) is 0. The average Bonchev–Trinajstić information content (AvgIpc) is 2.03. The van der Waals surface area contributed by atoms with Gasteiger partial charge in [-0.2, -0.15) is 0 Å². The number of aliphatic carboxylic acids is 2. The average molecular weight is 340 g/mol. The quantitative estimate of drug-likeness (QED) is 0.205. The summed E-state index contributed by atoms with van der Waals surface area (Å²) in [4.78, 5) is 50.0. The molecule has 0 rings (SSSR count). The Hall–Kier alpha value is -0.242. The molecule has 0 saturated heterocycles. The SMILES string of the molecule is O=C(OC(=O)C(=O)O)OC(=O)C(=O)O.[Co].[Co].[LiH].[LiH]. The van der Waals surface area contributed by atoms with E-state index in [0.29, 0.717) is 0 Å². The molecule has 98 valence electrons. The fourth-order valence-electron chi connectivity index (χ4n) is 0.260. The molecule has 0 bridgehead atoms. The van der Waals surface area contributed by atoms with Crippen LogP contribution >= 0.6 is 0 Å². The predicted molar refractivity (Wildman–Crippen MR) is 47.1 cm³/mol. The summed E-state index contributed by atoms with van der Waals surface area (Å²) >= 11 is 0. The Morgan fingerprint density at radius 1 is 0.667 bits per heavy atom. The molecular weight excluding hydrogens is 336 g/mol. The van der Waals surface area contributed by atoms with Crippen molar-refractivity contribution in [2.75, 3.05) is 0 Å². The first-order valence-electron chi connectivity index (χ1n) is 2.78. The van der Waals surface area contributed by atoms with E-state index in [9.17, 15) is 24.0 Å². The summed E-state index contributed by atoms with van der Waals surface area (Å²) in [5.74, 6) is -8.17. The molecule has 0 aliphatic rings. The van der Waals surface area contributed by atoms with Crippen LogP contribution in [-0.2, 0) is 62.2 Å². The van der Waals surface area contributed by atoms with Crippen LogP contribution in [0.1, 0.15) is 0 Å². The van der Waals surface area contributed by atoms with Gasteiger partial charge < -0.3 is 19.7 Å². The predicted octanol–water partition coefficient (Wildman–Crippen LogP) is -2.94. The van der Waals surface area contributed by atoms with Gasteiger partial charge in [0.1, 0.15) is 0 Å². The Kier molecular flexibility index (Phi) is 25.2. The Bertz CT molecular complexity index is 301. The Balaban J connectivity index is -0.000000141. The fourth-order valence-corrected chi connectivity index (χ4v) is 0.260. The standard InChI is InChI=1S/C5H2O9.2Co.2Li.2H/c6-1(7)3(10)13-5(12)14-4(11)2(8)9;;;;;;/h(H,6,7)(H,8,9);;;;;;. The van der Waals surface area contributed by atoms with E-state index >= 15 is 0 Å². The van der Waals surface area contributed by atoms with Gasteiger partial charge in [-0.05, 0) is 0 Å². The number of ether oxygens (including phenoxy) is 2. The van der Waals surface area contributed by atoms with Gasteiger partial charge >= 0.3 is 67.8 Å². The molecule has 0 saturated carbocycles. The minimum atomic E-state index is -2.09. The zero-order valence-electron chi connectivity index (χ0n) is 6.92. The molecule has 0 spiro atoms. The van der Waals surface area contributed by atoms with Crippen LogP contribution < -0.4 is 0 Å². The van der Waals surface area contributed by atoms with Gasteiger partial charge in [0.2, 0.25) is 0 Å². The first-order valence-corrected chi connectivity index (χ1v) is 2.78. The van der Waals surface area contributed by atoms with E-state index in [0.717, 1.165) is 0 Å². The molecule has 18 heavy (non-hydrogen) atoms. The van der Waals surface area contributed by atoms with E-state index in [2.05, 4.69) is 9.47 Å². The maximum absolute atomic E-state index is 10.3. The second-order valence-electron chi connectivity index (χ2n) is 1.64. The maximum atomic E-state index is 10.3. The van der Waals surface area contributed by atoms with Gasteiger partial charge in [-0.1, -0.05) is 0 Å². The third-order valence-electron chi connectivity index (χ3n) is 0.701. The van der Waals surface area contributed by atoms with Gasteiger partial charge in [-0.25, -0.2) is 24.0 Å². The summed E-state index contributed by atoms with van der Waals surface area (Å²) in [5, 5.41) is 15.8. The molecule has 0 amide bonds. The Labute approximate surface area is 144 Å². The Morgan fingerprint density at radius 3 is 1.06 bits per heavy atom. The number of esters is 2. The van der Waals surface area contributed by atoms with Crippen LogP contribution in [0.5, 0.6) is 0 Å². The zero-order chi connectivity index (χ0) is 11.3. The molecule has 0 aromatic carbocycles. The minimum absolute atomic E-state index is 0. The zero-order valence-corrected chi connectivity index (χ0v) is 9.00. The normalized spacial score (nSPS) is 6.67. The number of carbonyl (C=O) groups excluding carboxylic acids is 3. The second kappa shape index (κ2) is 14.8. The van der Waals surface area contributed by atoms with Crippen LogP contribution in [-0.4, -0.2) is 78.0 Å². The third kappa shape index (κ3) is 13.8. The summed E-state index contributed by atoms with van der Waals surface area (Å²) in [6.07, 6.45) is -2.02. The molecule has 0 aliphatic carbocycles. The summed E-state index contributed by atoms with van der Waals surface area (Å²) in [7, 11) is 0. The van der Waals surface area contributed by atoms with Crippen molar-refractivity contribution in [3.63, 3.8) is 0 Å². The van der Waals surface area contributed by atoms with Gasteiger partial charge in [0.05, 0.1) is 0 Å².